The maximum Gasteiger partial charge on any atom is 0.149 e. The molecule has 1 atom stereocenters. The summed E-state index contributed by atoms with van der Waals surface area (Å²) in [5.41, 5.74) is 1.00. The van der Waals surface area contributed by atoms with Crippen LogP contribution in [-0.2, 0) is 0 Å². The van der Waals surface area contributed by atoms with Crippen molar-refractivity contribution < 1.29 is 0 Å². The molecule has 17 heavy (non-hydrogen) atoms. The number of nitrogens with zero attached hydrogens (tertiary/aromatic N) is 3. The number of aromatic nitrogens is 3. The van der Waals surface area contributed by atoms with Crippen LogP contribution in [0.1, 0.15) is 19.5 Å². The number of hydrogen-bond acceptors (Lipinski definition) is 6. The predicted octanol–water partition coefficient (Wildman–Crippen LogP) is 2.95. The van der Waals surface area contributed by atoms with Crippen molar-refractivity contribution in [3.05, 3.63) is 12.0 Å². The third kappa shape index (κ3) is 2.87. The lowest BCUT2D eigenvalue weighted by molar-refractivity contribution is 0.903. The van der Waals surface area contributed by atoms with E-state index < -0.39 is 0 Å². The molecule has 92 valence electrons. The van der Waals surface area contributed by atoms with Crippen molar-refractivity contribution in [1.29, 1.82) is 0 Å². The third-order valence-electron chi connectivity index (χ3n) is 2.40. The second-order valence-electron chi connectivity index (χ2n) is 3.88. The van der Waals surface area contributed by atoms with Crippen molar-refractivity contribution in [2.45, 2.75) is 26.8 Å². The molecule has 1 unspecified atom stereocenters. The lowest BCUT2D eigenvalue weighted by atomic mass is 10.3. The van der Waals surface area contributed by atoms with Gasteiger partial charge >= 0.3 is 0 Å². The summed E-state index contributed by atoms with van der Waals surface area (Å²) < 4.78 is 4.32. The molecular weight excluding hydrogens is 252 g/mol. The van der Waals surface area contributed by atoms with E-state index in [2.05, 4.69) is 33.5 Å². The van der Waals surface area contributed by atoms with Gasteiger partial charge in [0.1, 0.15) is 17.0 Å². The van der Waals surface area contributed by atoms with Gasteiger partial charge in [0, 0.05) is 11.8 Å². The zero-order valence-electron chi connectivity index (χ0n) is 10.2. The number of thioether (sulfide) groups is 1. The molecule has 0 bridgehead atoms. The average Bonchev–Trinajstić information content (AvgIpc) is 2.70. The number of aryl methyl sites for hydroxylation is 1. The number of anilines is 1. The monoisotopic (exact) mass is 268 g/mol. The molecule has 2 aromatic heterocycles. The minimum atomic E-state index is 0.400. The molecule has 0 saturated carbocycles. The van der Waals surface area contributed by atoms with Gasteiger partial charge in [-0.05, 0) is 31.1 Å². The Labute approximate surface area is 109 Å². The van der Waals surface area contributed by atoms with E-state index in [4.69, 9.17) is 0 Å². The quantitative estimate of drug-likeness (QED) is 0.903. The number of hydrogen-bond donors (Lipinski definition) is 1. The van der Waals surface area contributed by atoms with Crippen LogP contribution in [0.15, 0.2) is 6.33 Å². The van der Waals surface area contributed by atoms with Crippen molar-refractivity contribution in [2.24, 2.45) is 0 Å². The van der Waals surface area contributed by atoms with Crippen molar-refractivity contribution in [3.8, 4) is 0 Å². The van der Waals surface area contributed by atoms with Gasteiger partial charge in [0.15, 0.2) is 0 Å². The Kier molecular flexibility index (Phi) is 4.17. The van der Waals surface area contributed by atoms with Crippen LogP contribution in [0.5, 0.6) is 0 Å². The normalized spacial score (nSPS) is 12.9. The van der Waals surface area contributed by atoms with E-state index in [-0.39, 0.29) is 0 Å². The van der Waals surface area contributed by atoms with Crippen LogP contribution in [0.25, 0.3) is 10.2 Å². The minimum absolute atomic E-state index is 0.400. The highest BCUT2D eigenvalue weighted by Gasteiger charge is 2.11. The summed E-state index contributed by atoms with van der Waals surface area (Å²) in [5, 5.41) is 4.50. The highest BCUT2D eigenvalue weighted by molar-refractivity contribution is 7.99. The van der Waals surface area contributed by atoms with E-state index in [0.29, 0.717) is 6.04 Å². The first-order valence-electron chi connectivity index (χ1n) is 5.63. The Morgan fingerprint density at radius 3 is 3.06 bits per heavy atom. The molecule has 2 rings (SSSR count). The molecular formula is C11H16N4S2. The molecule has 4 nitrogen and oxygen atoms in total. The number of rotatable bonds is 5. The molecule has 0 aromatic carbocycles. The van der Waals surface area contributed by atoms with Gasteiger partial charge in [-0.15, -0.1) is 0 Å². The maximum absolute atomic E-state index is 4.32. The molecule has 2 aromatic rings. The number of nitrogens with one attached hydrogen (secondary N) is 1. The molecule has 2 heterocycles. The fraction of sp³-hybridized carbons (Fsp3) is 0.545. The minimum Gasteiger partial charge on any atom is -0.366 e. The summed E-state index contributed by atoms with van der Waals surface area (Å²) in [6, 6.07) is 0.400. The van der Waals surface area contributed by atoms with Crippen molar-refractivity contribution >= 4 is 39.3 Å². The van der Waals surface area contributed by atoms with Gasteiger partial charge in [0.25, 0.3) is 0 Å². The second-order valence-corrected chi connectivity index (χ2v) is 5.95. The molecule has 0 spiro atoms. The van der Waals surface area contributed by atoms with Gasteiger partial charge in [-0.1, -0.05) is 6.92 Å². The zero-order chi connectivity index (χ0) is 12.3. The van der Waals surface area contributed by atoms with Crippen molar-refractivity contribution in [2.75, 3.05) is 16.8 Å². The first-order valence-corrected chi connectivity index (χ1v) is 7.56. The number of fused-ring (bicyclic) bond motifs is 1. The average molecular weight is 268 g/mol. The Balaban J connectivity index is 2.20. The van der Waals surface area contributed by atoms with Gasteiger partial charge in [0.2, 0.25) is 0 Å². The largest absolute Gasteiger partial charge is 0.366 e. The summed E-state index contributed by atoms with van der Waals surface area (Å²) in [6.07, 6.45) is 1.60. The van der Waals surface area contributed by atoms with Crippen molar-refractivity contribution in [1.82, 2.24) is 14.3 Å². The molecule has 1 N–H and O–H groups in total. The first kappa shape index (κ1) is 12.6. The molecule has 0 radical (unpaired) electrons. The van der Waals surface area contributed by atoms with E-state index in [1.165, 1.54) is 11.5 Å². The Bertz CT molecular complexity index is 497. The van der Waals surface area contributed by atoms with Crippen LogP contribution < -0.4 is 5.32 Å². The van der Waals surface area contributed by atoms with E-state index in [1.807, 2.05) is 18.7 Å². The third-order valence-corrected chi connectivity index (χ3v) is 4.39. The fourth-order valence-corrected chi connectivity index (χ4v) is 3.02. The van der Waals surface area contributed by atoms with Gasteiger partial charge < -0.3 is 5.32 Å². The molecule has 0 saturated heterocycles. The van der Waals surface area contributed by atoms with E-state index in [0.717, 1.165) is 33.2 Å². The van der Waals surface area contributed by atoms with E-state index in [1.54, 1.807) is 6.33 Å². The molecule has 0 fully saturated rings. The first-order chi connectivity index (χ1) is 8.22. The van der Waals surface area contributed by atoms with Gasteiger partial charge in [-0.2, -0.15) is 16.1 Å². The summed E-state index contributed by atoms with van der Waals surface area (Å²) >= 11 is 3.35. The summed E-state index contributed by atoms with van der Waals surface area (Å²) in [6.45, 7) is 6.35. The summed E-state index contributed by atoms with van der Waals surface area (Å²) in [7, 11) is 0. The molecule has 0 amide bonds. The second kappa shape index (κ2) is 5.64. The summed E-state index contributed by atoms with van der Waals surface area (Å²) in [5.74, 6) is 3.13. The van der Waals surface area contributed by atoms with Crippen LogP contribution in [0.4, 0.5) is 5.82 Å². The molecule has 0 aliphatic heterocycles. The maximum atomic E-state index is 4.32. The molecule has 6 heteroatoms. The van der Waals surface area contributed by atoms with Crippen LogP contribution in [0.3, 0.4) is 0 Å². The fourth-order valence-electron chi connectivity index (χ4n) is 1.60. The van der Waals surface area contributed by atoms with E-state index >= 15 is 0 Å². The predicted molar refractivity (Wildman–Crippen MR) is 76.0 cm³/mol. The van der Waals surface area contributed by atoms with Gasteiger partial charge in [0.05, 0.1) is 11.1 Å². The smallest absolute Gasteiger partial charge is 0.149 e. The Morgan fingerprint density at radius 2 is 2.29 bits per heavy atom. The Morgan fingerprint density at radius 1 is 1.47 bits per heavy atom. The topological polar surface area (TPSA) is 50.7 Å². The highest BCUT2D eigenvalue weighted by atomic mass is 32.2. The Hall–Kier alpha value is -0.880. The van der Waals surface area contributed by atoms with Crippen LogP contribution in [-0.4, -0.2) is 31.9 Å². The van der Waals surface area contributed by atoms with Gasteiger partial charge in [-0.25, -0.2) is 9.97 Å². The summed E-state index contributed by atoms with van der Waals surface area (Å²) in [4.78, 5) is 9.51. The highest BCUT2D eigenvalue weighted by Crippen LogP contribution is 2.26. The van der Waals surface area contributed by atoms with Crippen LogP contribution in [0.2, 0.25) is 0 Å². The van der Waals surface area contributed by atoms with Crippen molar-refractivity contribution in [3.63, 3.8) is 0 Å². The van der Waals surface area contributed by atoms with E-state index in [9.17, 15) is 0 Å². The SMILES string of the molecule is CCSCC(C)Nc1ncnc2snc(C)c12. The lowest BCUT2D eigenvalue weighted by Crippen LogP contribution is -2.19. The van der Waals surface area contributed by atoms with Gasteiger partial charge in [-0.3, -0.25) is 0 Å². The van der Waals surface area contributed by atoms with Crippen LogP contribution >= 0.6 is 23.3 Å². The molecule has 0 aliphatic rings. The van der Waals surface area contributed by atoms with Crippen LogP contribution in [0, 0.1) is 6.92 Å². The standard InChI is InChI=1S/C11H16N4S2/c1-4-16-5-7(2)14-10-9-8(3)15-17-11(9)13-6-12-10/h6-7H,4-5H2,1-3H3,(H,12,13,14). The molecule has 0 aliphatic carbocycles. The lowest BCUT2D eigenvalue weighted by Gasteiger charge is -2.14. The zero-order valence-corrected chi connectivity index (χ0v) is 11.9.